The van der Waals surface area contributed by atoms with Gasteiger partial charge >= 0.3 is 0 Å². The molecule has 0 aliphatic carbocycles. The second-order valence-electron chi connectivity index (χ2n) is 6.22. The molecule has 2 atom stereocenters. The first-order chi connectivity index (χ1) is 11.3. The average molecular weight is 312 g/mol. The molecule has 5 heteroatoms. The van der Waals surface area contributed by atoms with Crippen molar-refractivity contribution in [2.75, 3.05) is 26.3 Å². The molecule has 5 nitrogen and oxygen atoms in total. The number of hydrogen-bond acceptors (Lipinski definition) is 4. The van der Waals surface area contributed by atoms with E-state index in [2.05, 4.69) is 4.98 Å². The molecule has 2 fully saturated rings. The number of carbonyl (C=O) groups is 1. The number of para-hydroxylation sites is 1. The zero-order valence-electron chi connectivity index (χ0n) is 13.0. The minimum absolute atomic E-state index is 0.0231. The van der Waals surface area contributed by atoms with Gasteiger partial charge in [-0.25, -0.2) is 4.98 Å². The molecule has 1 amide bonds. The normalized spacial score (nSPS) is 24.3. The molecule has 120 valence electrons. The fraction of sp³-hybridized carbons (Fsp3) is 0.444. The van der Waals surface area contributed by atoms with Gasteiger partial charge in [0.15, 0.2) is 0 Å². The van der Waals surface area contributed by atoms with Crippen LogP contribution in [0.3, 0.4) is 0 Å². The zero-order chi connectivity index (χ0) is 15.6. The summed E-state index contributed by atoms with van der Waals surface area (Å²) in [6.07, 6.45) is 1.72. The molecule has 1 aromatic heterocycles. The molecule has 2 unspecified atom stereocenters. The molecule has 4 rings (SSSR count). The van der Waals surface area contributed by atoms with Crippen molar-refractivity contribution in [3.05, 3.63) is 36.4 Å². The number of hydrogen-bond donors (Lipinski definition) is 0. The Hall–Kier alpha value is -2.14. The number of amides is 1. The highest BCUT2D eigenvalue weighted by Crippen LogP contribution is 2.23. The average Bonchev–Trinajstić information content (AvgIpc) is 3.26. The summed E-state index contributed by atoms with van der Waals surface area (Å²) in [5.41, 5.74) is 0.930. The first kappa shape index (κ1) is 14.5. The highest BCUT2D eigenvalue weighted by molar-refractivity contribution is 5.80. The molecular formula is C18H20N2O3. The molecule has 2 saturated heterocycles. The molecule has 2 aliphatic heterocycles. The molecule has 0 bridgehead atoms. The van der Waals surface area contributed by atoms with Gasteiger partial charge in [-0.1, -0.05) is 18.2 Å². The molecule has 3 heterocycles. The van der Waals surface area contributed by atoms with Crippen molar-refractivity contribution < 1.29 is 14.3 Å². The Morgan fingerprint density at radius 2 is 2.13 bits per heavy atom. The Morgan fingerprint density at radius 1 is 1.22 bits per heavy atom. The Morgan fingerprint density at radius 3 is 3.00 bits per heavy atom. The van der Waals surface area contributed by atoms with Crippen molar-refractivity contribution in [3.8, 4) is 5.88 Å². The van der Waals surface area contributed by atoms with Crippen molar-refractivity contribution in [3.63, 3.8) is 0 Å². The predicted molar refractivity (Wildman–Crippen MR) is 86.3 cm³/mol. The minimum Gasteiger partial charge on any atom is -0.472 e. The second-order valence-corrected chi connectivity index (χ2v) is 6.22. The topological polar surface area (TPSA) is 51.7 Å². The molecule has 0 radical (unpaired) electrons. The predicted octanol–water partition coefficient (Wildman–Crippen LogP) is 2.25. The zero-order valence-corrected chi connectivity index (χ0v) is 13.0. The van der Waals surface area contributed by atoms with Crippen molar-refractivity contribution in [2.24, 2.45) is 5.92 Å². The van der Waals surface area contributed by atoms with E-state index in [1.54, 1.807) is 0 Å². The van der Waals surface area contributed by atoms with Gasteiger partial charge in [0, 0.05) is 31.0 Å². The summed E-state index contributed by atoms with van der Waals surface area (Å²) in [5, 5.41) is 1.10. The number of benzene rings is 1. The van der Waals surface area contributed by atoms with Crippen LogP contribution >= 0.6 is 0 Å². The van der Waals surface area contributed by atoms with E-state index in [1.165, 1.54) is 0 Å². The monoisotopic (exact) mass is 312 g/mol. The highest BCUT2D eigenvalue weighted by atomic mass is 16.5. The minimum atomic E-state index is 0.0231. The number of nitrogens with zero attached hydrogens (tertiary/aromatic N) is 2. The first-order valence-corrected chi connectivity index (χ1v) is 8.18. The molecule has 0 N–H and O–H groups in total. The van der Waals surface area contributed by atoms with E-state index < -0.39 is 0 Å². The summed E-state index contributed by atoms with van der Waals surface area (Å²) in [7, 11) is 0. The van der Waals surface area contributed by atoms with Crippen molar-refractivity contribution in [1.82, 2.24) is 9.88 Å². The van der Waals surface area contributed by atoms with Gasteiger partial charge in [-0.3, -0.25) is 4.79 Å². The van der Waals surface area contributed by atoms with Crippen molar-refractivity contribution >= 4 is 16.8 Å². The van der Waals surface area contributed by atoms with Gasteiger partial charge in [0.1, 0.15) is 6.10 Å². The number of pyridine rings is 1. The third kappa shape index (κ3) is 3.01. The Bertz CT molecular complexity index is 712. The quantitative estimate of drug-likeness (QED) is 0.872. The lowest BCUT2D eigenvalue weighted by atomic mass is 10.1. The molecule has 0 spiro atoms. The SMILES string of the molecule is O=C(C1CCOC1)N1CCC(Oc2ccc3ccccc3n2)C1. The van der Waals surface area contributed by atoms with Crippen LogP contribution in [0.1, 0.15) is 12.8 Å². The number of ether oxygens (including phenoxy) is 2. The van der Waals surface area contributed by atoms with Gasteiger partial charge in [-0.2, -0.15) is 0 Å². The fourth-order valence-electron chi connectivity index (χ4n) is 3.30. The van der Waals surface area contributed by atoms with E-state index >= 15 is 0 Å². The highest BCUT2D eigenvalue weighted by Gasteiger charge is 2.33. The summed E-state index contributed by atoms with van der Waals surface area (Å²) >= 11 is 0. The Labute approximate surface area is 135 Å². The molecule has 2 aliphatic rings. The number of aromatic nitrogens is 1. The lowest BCUT2D eigenvalue weighted by Gasteiger charge is -2.19. The number of rotatable bonds is 3. The second kappa shape index (κ2) is 6.16. The Kier molecular flexibility index (Phi) is 3.87. The van der Waals surface area contributed by atoms with E-state index in [4.69, 9.17) is 9.47 Å². The molecule has 1 aromatic carbocycles. The van der Waals surface area contributed by atoms with Gasteiger partial charge in [0.25, 0.3) is 0 Å². The van der Waals surface area contributed by atoms with Crippen molar-refractivity contribution in [1.29, 1.82) is 0 Å². The maximum Gasteiger partial charge on any atom is 0.228 e. The van der Waals surface area contributed by atoms with Crippen LogP contribution in [-0.2, 0) is 9.53 Å². The maximum atomic E-state index is 12.4. The summed E-state index contributed by atoms with van der Waals surface area (Å²) < 4.78 is 11.3. The van der Waals surface area contributed by atoms with Crippen LogP contribution in [0.15, 0.2) is 36.4 Å². The third-order valence-corrected chi connectivity index (χ3v) is 4.60. The van der Waals surface area contributed by atoms with Gasteiger partial charge in [-0.05, 0) is 18.6 Å². The smallest absolute Gasteiger partial charge is 0.228 e. The van der Waals surface area contributed by atoms with E-state index in [-0.39, 0.29) is 17.9 Å². The summed E-state index contributed by atoms with van der Waals surface area (Å²) in [6.45, 7) is 2.66. The maximum absolute atomic E-state index is 12.4. The number of carbonyl (C=O) groups excluding carboxylic acids is 1. The molecule has 23 heavy (non-hydrogen) atoms. The van der Waals surface area contributed by atoms with Crippen LogP contribution in [0.5, 0.6) is 5.88 Å². The van der Waals surface area contributed by atoms with Gasteiger partial charge in [0.05, 0.1) is 24.6 Å². The fourth-order valence-corrected chi connectivity index (χ4v) is 3.30. The molecular weight excluding hydrogens is 292 g/mol. The van der Waals surface area contributed by atoms with Gasteiger partial charge < -0.3 is 14.4 Å². The third-order valence-electron chi connectivity index (χ3n) is 4.60. The van der Waals surface area contributed by atoms with Crippen LogP contribution in [0.2, 0.25) is 0 Å². The summed E-state index contributed by atoms with van der Waals surface area (Å²) in [6, 6.07) is 11.9. The van der Waals surface area contributed by atoms with Gasteiger partial charge in [-0.15, -0.1) is 0 Å². The summed E-state index contributed by atoms with van der Waals surface area (Å²) in [4.78, 5) is 18.8. The van der Waals surface area contributed by atoms with E-state index in [9.17, 15) is 4.79 Å². The van der Waals surface area contributed by atoms with Crippen LogP contribution in [0.4, 0.5) is 0 Å². The molecule has 0 saturated carbocycles. The van der Waals surface area contributed by atoms with Crippen molar-refractivity contribution in [2.45, 2.75) is 18.9 Å². The number of fused-ring (bicyclic) bond motifs is 1. The lowest BCUT2D eigenvalue weighted by molar-refractivity contribution is -0.134. The van der Waals surface area contributed by atoms with Crippen LogP contribution in [0.25, 0.3) is 10.9 Å². The standard InChI is InChI=1S/C18H20N2O3/c21-18(14-8-10-22-12-14)20-9-7-15(11-20)23-17-6-5-13-3-1-2-4-16(13)19-17/h1-6,14-15H,7-12H2. The van der Waals surface area contributed by atoms with Crippen LogP contribution < -0.4 is 4.74 Å². The number of likely N-dealkylation sites (tertiary alicyclic amines) is 1. The Balaban J connectivity index is 1.40. The molecule has 2 aromatic rings. The van der Waals surface area contributed by atoms with E-state index in [1.807, 2.05) is 41.3 Å². The van der Waals surface area contributed by atoms with E-state index in [0.29, 0.717) is 25.6 Å². The van der Waals surface area contributed by atoms with E-state index in [0.717, 1.165) is 30.3 Å². The largest absolute Gasteiger partial charge is 0.472 e. The lowest BCUT2D eigenvalue weighted by Crippen LogP contribution is -2.36. The first-order valence-electron chi connectivity index (χ1n) is 8.18. The van der Waals surface area contributed by atoms with Crippen LogP contribution in [0, 0.1) is 5.92 Å². The van der Waals surface area contributed by atoms with Crippen LogP contribution in [-0.4, -0.2) is 48.2 Å². The summed E-state index contributed by atoms with van der Waals surface area (Å²) in [5.74, 6) is 0.875. The van der Waals surface area contributed by atoms with Gasteiger partial charge in [0.2, 0.25) is 11.8 Å².